The van der Waals surface area contributed by atoms with Gasteiger partial charge in [-0.1, -0.05) is 0 Å². The number of ether oxygens (including phenoxy) is 1. The number of morpholine rings is 1. The number of aromatic nitrogens is 4. The predicted molar refractivity (Wildman–Crippen MR) is 140 cm³/mol. The molecule has 1 aliphatic carbocycles. The van der Waals surface area contributed by atoms with E-state index in [1.54, 1.807) is 25.3 Å². The summed E-state index contributed by atoms with van der Waals surface area (Å²) in [4.78, 5) is 24.0. The van der Waals surface area contributed by atoms with Crippen molar-refractivity contribution in [2.75, 3.05) is 31.6 Å². The highest BCUT2D eigenvalue weighted by molar-refractivity contribution is 6.04. The number of anilines is 1. The SMILES string of the molecule is Cc1nc(-n2ncc(C(=O)Nc3ccc([C@]4(C#N)CC[C@@H](N5CCOCC5)CC4)nc3)c2C)ccc1C(F)(F)F. The largest absolute Gasteiger partial charge is 0.418 e. The number of carbonyl (C=O) groups is 1. The number of pyridine rings is 2. The van der Waals surface area contributed by atoms with Gasteiger partial charge in [-0.05, 0) is 63.8 Å². The summed E-state index contributed by atoms with van der Waals surface area (Å²) in [7, 11) is 0. The highest BCUT2D eigenvalue weighted by Gasteiger charge is 2.40. The average molecular weight is 554 g/mol. The van der Waals surface area contributed by atoms with Crippen LogP contribution in [0.5, 0.6) is 0 Å². The molecule has 9 nitrogen and oxygen atoms in total. The Morgan fingerprint density at radius 3 is 2.45 bits per heavy atom. The molecule has 1 saturated carbocycles. The van der Waals surface area contributed by atoms with Crippen molar-refractivity contribution >= 4 is 11.6 Å². The van der Waals surface area contributed by atoms with E-state index in [1.807, 2.05) is 0 Å². The molecule has 0 radical (unpaired) electrons. The van der Waals surface area contributed by atoms with E-state index < -0.39 is 23.1 Å². The maximum atomic E-state index is 13.1. The van der Waals surface area contributed by atoms with E-state index in [1.165, 1.54) is 23.9 Å². The molecule has 2 fully saturated rings. The second kappa shape index (κ2) is 11.0. The third-order valence-corrected chi connectivity index (χ3v) is 7.94. The summed E-state index contributed by atoms with van der Waals surface area (Å²) >= 11 is 0. The van der Waals surface area contributed by atoms with E-state index in [9.17, 15) is 23.2 Å². The molecule has 0 aromatic carbocycles. The number of nitrogens with one attached hydrogen (secondary N) is 1. The van der Waals surface area contributed by atoms with Crippen molar-refractivity contribution < 1.29 is 22.7 Å². The summed E-state index contributed by atoms with van der Waals surface area (Å²) in [6.45, 7) is 6.27. The molecule has 0 bridgehead atoms. The molecule has 2 aliphatic rings. The first-order chi connectivity index (χ1) is 19.1. The number of alkyl halides is 3. The van der Waals surface area contributed by atoms with E-state index in [0.717, 1.165) is 58.1 Å². The third kappa shape index (κ3) is 5.44. The summed E-state index contributed by atoms with van der Waals surface area (Å²) < 4.78 is 46.1. The van der Waals surface area contributed by atoms with Crippen LogP contribution in [0.3, 0.4) is 0 Å². The van der Waals surface area contributed by atoms with Gasteiger partial charge >= 0.3 is 6.18 Å². The lowest BCUT2D eigenvalue weighted by atomic mass is 9.71. The Labute approximate surface area is 230 Å². The number of aryl methyl sites for hydroxylation is 1. The first-order valence-electron chi connectivity index (χ1n) is 13.2. The Morgan fingerprint density at radius 2 is 1.85 bits per heavy atom. The van der Waals surface area contributed by atoms with Gasteiger partial charge in [0.15, 0.2) is 5.82 Å². The van der Waals surface area contributed by atoms with Gasteiger partial charge in [0.1, 0.15) is 0 Å². The molecule has 1 amide bonds. The molecular weight excluding hydrogens is 523 g/mol. The van der Waals surface area contributed by atoms with Crippen LogP contribution in [0.1, 0.15) is 58.7 Å². The number of hydrogen-bond acceptors (Lipinski definition) is 7. The van der Waals surface area contributed by atoms with E-state index >= 15 is 0 Å². The van der Waals surface area contributed by atoms with Crippen molar-refractivity contribution in [2.45, 2.75) is 57.2 Å². The molecular formula is C28H30F3N7O2. The molecule has 1 aliphatic heterocycles. The van der Waals surface area contributed by atoms with Crippen LogP contribution < -0.4 is 5.32 Å². The number of rotatable bonds is 5. The standard InChI is InChI=1S/C28H30F3N7O2/c1-18-23(28(29,30)31)4-6-25(35-18)38-19(2)22(16-34-38)26(39)36-20-3-5-24(33-15-20)27(17-32)9-7-21(8-10-27)37-11-13-40-14-12-37/h3-6,15-16,21H,7-14H2,1-2H3,(H,36,39)/t21-,27-. The second-order valence-corrected chi connectivity index (χ2v) is 10.3. The van der Waals surface area contributed by atoms with Gasteiger partial charge in [-0.3, -0.25) is 14.7 Å². The molecule has 40 heavy (non-hydrogen) atoms. The fourth-order valence-corrected chi connectivity index (χ4v) is 5.61. The Balaban J connectivity index is 1.26. The van der Waals surface area contributed by atoms with Crippen molar-refractivity contribution in [3.05, 3.63) is 64.9 Å². The molecule has 0 unspecified atom stereocenters. The number of halogens is 3. The fourth-order valence-electron chi connectivity index (χ4n) is 5.61. The van der Waals surface area contributed by atoms with Gasteiger partial charge in [-0.2, -0.15) is 23.5 Å². The lowest BCUT2D eigenvalue weighted by Crippen LogP contribution is -2.47. The van der Waals surface area contributed by atoms with Gasteiger partial charge in [-0.15, -0.1) is 0 Å². The molecule has 5 rings (SSSR count). The van der Waals surface area contributed by atoms with Gasteiger partial charge < -0.3 is 10.1 Å². The number of carbonyl (C=O) groups excluding carboxylic acids is 1. The highest BCUT2D eigenvalue weighted by Crippen LogP contribution is 2.40. The summed E-state index contributed by atoms with van der Waals surface area (Å²) in [5.41, 5.74) is 0.170. The molecule has 1 N–H and O–H groups in total. The predicted octanol–water partition coefficient (Wildman–Crippen LogP) is 4.59. The van der Waals surface area contributed by atoms with Gasteiger partial charge in [0.05, 0.1) is 71.0 Å². The van der Waals surface area contributed by atoms with Crippen LogP contribution >= 0.6 is 0 Å². The van der Waals surface area contributed by atoms with Crippen LogP contribution in [-0.2, 0) is 16.3 Å². The average Bonchev–Trinajstić information content (AvgIpc) is 3.34. The number of amides is 1. The minimum absolute atomic E-state index is 0.179. The second-order valence-electron chi connectivity index (χ2n) is 10.3. The summed E-state index contributed by atoms with van der Waals surface area (Å²) in [5.74, 6) is -0.263. The number of nitriles is 1. The summed E-state index contributed by atoms with van der Waals surface area (Å²) in [6.07, 6.45) is 1.67. The van der Waals surface area contributed by atoms with Crippen molar-refractivity contribution in [1.82, 2.24) is 24.6 Å². The van der Waals surface area contributed by atoms with Crippen LogP contribution in [0.4, 0.5) is 18.9 Å². The number of hydrogen-bond donors (Lipinski definition) is 1. The lowest BCUT2D eigenvalue weighted by molar-refractivity contribution is -0.138. The lowest BCUT2D eigenvalue weighted by Gasteiger charge is -2.41. The normalized spacial score (nSPS) is 22.1. The molecule has 1 saturated heterocycles. The van der Waals surface area contributed by atoms with Gasteiger partial charge in [0.25, 0.3) is 5.91 Å². The molecule has 3 aromatic heterocycles. The van der Waals surface area contributed by atoms with Crippen molar-refractivity contribution in [1.29, 1.82) is 5.26 Å². The van der Waals surface area contributed by atoms with Gasteiger partial charge in [0.2, 0.25) is 0 Å². The first-order valence-corrected chi connectivity index (χ1v) is 13.2. The molecule has 12 heteroatoms. The van der Waals surface area contributed by atoms with Crippen LogP contribution in [0.2, 0.25) is 0 Å². The molecule has 210 valence electrons. The van der Waals surface area contributed by atoms with Crippen LogP contribution in [0.15, 0.2) is 36.7 Å². The maximum Gasteiger partial charge on any atom is 0.418 e. The smallest absolute Gasteiger partial charge is 0.379 e. The minimum Gasteiger partial charge on any atom is -0.379 e. The van der Waals surface area contributed by atoms with E-state index in [2.05, 4.69) is 31.4 Å². The minimum atomic E-state index is -4.50. The third-order valence-electron chi connectivity index (χ3n) is 7.94. The molecule has 3 aromatic rings. The zero-order valence-corrected chi connectivity index (χ0v) is 22.3. The van der Waals surface area contributed by atoms with E-state index in [0.29, 0.717) is 23.1 Å². The number of nitrogens with zero attached hydrogens (tertiary/aromatic N) is 6. The van der Waals surface area contributed by atoms with Crippen LogP contribution in [-0.4, -0.2) is 62.9 Å². The maximum absolute atomic E-state index is 13.1. The Morgan fingerprint density at radius 1 is 1.12 bits per heavy atom. The van der Waals surface area contributed by atoms with Crippen molar-refractivity contribution in [2.24, 2.45) is 0 Å². The Bertz CT molecular complexity index is 1420. The monoisotopic (exact) mass is 553 g/mol. The quantitative estimate of drug-likeness (QED) is 0.492. The van der Waals surface area contributed by atoms with Gasteiger partial charge in [0, 0.05) is 19.1 Å². The molecule has 0 spiro atoms. The first kappa shape index (κ1) is 27.7. The van der Waals surface area contributed by atoms with Gasteiger partial charge in [-0.25, -0.2) is 9.67 Å². The van der Waals surface area contributed by atoms with E-state index in [4.69, 9.17) is 4.74 Å². The summed E-state index contributed by atoms with van der Waals surface area (Å²) in [6, 6.07) is 8.66. The zero-order chi connectivity index (χ0) is 28.5. The molecule has 4 heterocycles. The Kier molecular flexibility index (Phi) is 7.61. The summed E-state index contributed by atoms with van der Waals surface area (Å²) in [5, 5.41) is 17.0. The topological polar surface area (TPSA) is 109 Å². The zero-order valence-electron chi connectivity index (χ0n) is 22.3. The van der Waals surface area contributed by atoms with Crippen LogP contribution in [0.25, 0.3) is 5.82 Å². The highest BCUT2D eigenvalue weighted by atomic mass is 19.4. The fraction of sp³-hybridized carbons (Fsp3) is 0.464. The molecule has 0 atom stereocenters. The Hall–Kier alpha value is -3.82. The van der Waals surface area contributed by atoms with E-state index in [-0.39, 0.29) is 17.1 Å². The van der Waals surface area contributed by atoms with Crippen molar-refractivity contribution in [3.63, 3.8) is 0 Å². The van der Waals surface area contributed by atoms with Crippen LogP contribution in [0, 0.1) is 25.2 Å². The van der Waals surface area contributed by atoms with Crippen molar-refractivity contribution in [3.8, 4) is 11.9 Å².